The molecule has 0 amide bonds. The first-order valence-electron chi connectivity index (χ1n) is 9.02. The van der Waals surface area contributed by atoms with E-state index in [0.29, 0.717) is 16.7 Å². The van der Waals surface area contributed by atoms with E-state index >= 15 is 0 Å². The lowest BCUT2D eigenvalue weighted by atomic mass is 9.51. The average molecular weight is 403 g/mol. The molecule has 2 fully saturated rings. The zero-order chi connectivity index (χ0) is 18.3. The van der Waals surface area contributed by atoms with Crippen molar-refractivity contribution >= 4 is 27.9 Å². The first-order valence-corrected chi connectivity index (χ1v) is 9.93. The van der Waals surface area contributed by atoms with Crippen LogP contribution in [0.5, 0.6) is 0 Å². The third-order valence-electron chi connectivity index (χ3n) is 6.28. The molecule has 138 valence electrons. The van der Waals surface area contributed by atoms with E-state index in [-0.39, 0.29) is 29.4 Å². The molecule has 5 heteroatoms. The predicted octanol–water partition coefficient (Wildman–Crippen LogP) is 4.49. The molecule has 0 N–H and O–H groups in total. The molecule has 24 heavy (non-hydrogen) atoms. The Morgan fingerprint density at radius 1 is 1.08 bits per heavy atom. The van der Waals surface area contributed by atoms with Gasteiger partial charge in [0.2, 0.25) is 0 Å². The van der Waals surface area contributed by atoms with Gasteiger partial charge in [-0.2, -0.15) is 0 Å². The van der Waals surface area contributed by atoms with Crippen molar-refractivity contribution in [3.8, 4) is 0 Å². The first-order chi connectivity index (χ1) is 11.0. The Kier molecular flexibility index (Phi) is 5.73. The molecule has 2 rings (SSSR count). The molecule has 2 aliphatic carbocycles. The maximum Gasteiger partial charge on any atom is 0.303 e. The summed E-state index contributed by atoms with van der Waals surface area (Å²) in [6, 6.07) is 0. The fourth-order valence-corrected chi connectivity index (χ4v) is 5.96. The number of esters is 2. The highest BCUT2D eigenvalue weighted by molar-refractivity contribution is 9.09. The molecule has 6 unspecified atom stereocenters. The zero-order valence-corrected chi connectivity index (χ0v) is 17.3. The van der Waals surface area contributed by atoms with Crippen LogP contribution in [0, 0.1) is 23.2 Å². The van der Waals surface area contributed by atoms with E-state index in [0.717, 1.165) is 25.7 Å². The molecule has 0 saturated heterocycles. The van der Waals surface area contributed by atoms with E-state index in [9.17, 15) is 9.59 Å². The molecule has 0 aromatic carbocycles. The van der Waals surface area contributed by atoms with Gasteiger partial charge in [0.1, 0.15) is 11.7 Å². The molecule has 0 radical (unpaired) electrons. The van der Waals surface area contributed by atoms with E-state index < -0.39 is 5.60 Å². The van der Waals surface area contributed by atoms with Gasteiger partial charge in [-0.15, -0.1) is 0 Å². The van der Waals surface area contributed by atoms with Crippen molar-refractivity contribution in [3.63, 3.8) is 0 Å². The van der Waals surface area contributed by atoms with Gasteiger partial charge in [0, 0.05) is 24.6 Å². The van der Waals surface area contributed by atoms with Crippen LogP contribution >= 0.6 is 15.9 Å². The summed E-state index contributed by atoms with van der Waals surface area (Å²) in [5.74, 6) is 0.186. The Balaban J connectivity index is 2.50. The molecule has 0 aromatic heterocycles. The number of rotatable bonds is 3. The van der Waals surface area contributed by atoms with Gasteiger partial charge in [0.05, 0.1) is 0 Å². The highest BCUT2D eigenvalue weighted by Gasteiger charge is 2.62. The fourth-order valence-electron chi connectivity index (χ4n) is 5.22. The maximum absolute atomic E-state index is 11.8. The smallest absolute Gasteiger partial charge is 0.303 e. The molecule has 0 bridgehead atoms. The lowest BCUT2D eigenvalue weighted by molar-refractivity contribution is -0.215. The van der Waals surface area contributed by atoms with Crippen LogP contribution in [0.3, 0.4) is 0 Å². The van der Waals surface area contributed by atoms with Crippen molar-refractivity contribution in [1.29, 1.82) is 0 Å². The lowest BCUT2D eigenvalue weighted by Crippen LogP contribution is -2.64. The number of ether oxygens (including phenoxy) is 2. The monoisotopic (exact) mass is 402 g/mol. The Hall–Kier alpha value is -0.580. The summed E-state index contributed by atoms with van der Waals surface area (Å²) in [7, 11) is 0. The molecule has 0 spiro atoms. The number of carbonyl (C=O) groups is 2. The van der Waals surface area contributed by atoms with Crippen LogP contribution in [-0.4, -0.2) is 28.5 Å². The van der Waals surface area contributed by atoms with Gasteiger partial charge in [-0.25, -0.2) is 0 Å². The summed E-state index contributed by atoms with van der Waals surface area (Å²) in [5, 5.41) is 0. The van der Waals surface area contributed by atoms with E-state index in [1.807, 2.05) is 6.92 Å². The Morgan fingerprint density at radius 3 is 2.21 bits per heavy atom. The molecule has 0 aliphatic heterocycles. The summed E-state index contributed by atoms with van der Waals surface area (Å²) in [6.45, 7) is 11.6. The van der Waals surface area contributed by atoms with Gasteiger partial charge in [-0.3, -0.25) is 9.59 Å². The highest BCUT2D eigenvalue weighted by atomic mass is 79.9. The summed E-state index contributed by atoms with van der Waals surface area (Å²) < 4.78 is 11.7. The summed E-state index contributed by atoms with van der Waals surface area (Å²) in [4.78, 5) is 23.9. The van der Waals surface area contributed by atoms with Gasteiger partial charge in [0.15, 0.2) is 0 Å². The maximum atomic E-state index is 11.8. The van der Waals surface area contributed by atoms with Gasteiger partial charge in [0.25, 0.3) is 0 Å². The summed E-state index contributed by atoms with van der Waals surface area (Å²) >= 11 is 3.87. The zero-order valence-electron chi connectivity index (χ0n) is 15.7. The van der Waals surface area contributed by atoms with Crippen molar-refractivity contribution in [2.75, 3.05) is 0 Å². The summed E-state index contributed by atoms with van der Waals surface area (Å²) in [5.41, 5.74) is -0.660. The van der Waals surface area contributed by atoms with Gasteiger partial charge < -0.3 is 9.47 Å². The third kappa shape index (κ3) is 3.51. The minimum atomic E-state index is -0.599. The average Bonchev–Trinajstić information content (AvgIpc) is 2.41. The third-order valence-corrected chi connectivity index (χ3v) is 7.78. The second-order valence-corrected chi connectivity index (χ2v) is 9.52. The van der Waals surface area contributed by atoms with Crippen molar-refractivity contribution < 1.29 is 19.1 Å². The number of halogens is 1. The van der Waals surface area contributed by atoms with Crippen LogP contribution in [0.1, 0.15) is 67.2 Å². The Bertz CT molecular complexity index is 506. The molecule has 2 saturated carbocycles. The van der Waals surface area contributed by atoms with Crippen molar-refractivity contribution in [3.05, 3.63) is 0 Å². The minimum Gasteiger partial charge on any atom is -0.462 e. The molecule has 0 aromatic rings. The van der Waals surface area contributed by atoms with E-state index in [1.165, 1.54) is 13.8 Å². The molecular formula is C19H31BrO4. The first kappa shape index (κ1) is 19.7. The SMILES string of the molecule is CC(=O)OC1C(C(C)C)CCC2(C)C(Br)CCC(C)(OC(C)=O)C12. The van der Waals surface area contributed by atoms with Crippen LogP contribution in [0.2, 0.25) is 0 Å². The second-order valence-electron chi connectivity index (χ2n) is 8.42. The Labute approximate surface area is 154 Å². The van der Waals surface area contributed by atoms with Gasteiger partial charge >= 0.3 is 11.9 Å². The lowest BCUT2D eigenvalue weighted by Gasteiger charge is -2.60. The van der Waals surface area contributed by atoms with Crippen LogP contribution < -0.4 is 0 Å². The number of hydrogen-bond acceptors (Lipinski definition) is 4. The molecule has 6 atom stereocenters. The number of fused-ring (bicyclic) bond motifs is 1. The highest BCUT2D eigenvalue weighted by Crippen LogP contribution is 2.60. The van der Waals surface area contributed by atoms with E-state index in [1.54, 1.807) is 0 Å². The largest absolute Gasteiger partial charge is 0.462 e. The van der Waals surface area contributed by atoms with Gasteiger partial charge in [-0.05, 0) is 49.9 Å². The molecule has 0 heterocycles. The van der Waals surface area contributed by atoms with E-state index in [2.05, 4.69) is 36.7 Å². The normalized spacial score (nSPS) is 42.3. The quantitative estimate of drug-likeness (QED) is 0.515. The standard InChI is InChI=1S/C19H31BrO4/c1-11(2)14-7-9-18(5)15(20)8-10-19(6,24-13(4)22)17(18)16(14)23-12(3)21/h11,14-17H,7-10H2,1-6H3. The van der Waals surface area contributed by atoms with Gasteiger partial charge in [-0.1, -0.05) is 36.7 Å². The second kappa shape index (κ2) is 6.97. The van der Waals surface area contributed by atoms with E-state index in [4.69, 9.17) is 9.47 Å². The topological polar surface area (TPSA) is 52.6 Å². The molecule has 2 aliphatic rings. The summed E-state index contributed by atoms with van der Waals surface area (Å²) in [6.07, 6.45) is 3.60. The number of hydrogen-bond donors (Lipinski definition) is 0. The molecular weight excluding hydrogens is 372 g/mol. The molecule has 4 nitrogen and oxygen atoms in total. The van der Waals surface area contributed by atoms with Crippen molar-refractivity contribution in [2.24, 2.45) is 23.2 Å². The van der Waals surface area contributed by atoms with Crippen LogP contribution in [0.15, 0.2) is 0 Å². The number of carbonyl (C=O) groups excluding carboxylic acids is 2. The van der Waals surface area contributed by atoms with Crippen molar-refractivity contribution in [1.82, 2.24) is 0 Å². The Morgan fingerprint density at radius 2 is 1.71 bits per heavy atom. The fraction of sp³-hybridized carbons (Fsp3) is 0.895. The van der Waals surface area contributed by atoms with Crippen LogP contribution in [0.25, 0.3) is 0 Å². The predicted molar refractivity (Wildman–Crippen MR) is 96.8 cm³/mol. The minimum absolute atomic E-state index is 0.00271. The van der Waals surface area contributed by atoms with Crippen molar-refractivity contribution in [2.45, 2.75) is 83.8 Å². The van der Waals surface area contributed by atoms with Crippen LogP contribution in [0.4, 0.5) is 0 Å². The van der Waals surface area contributed by atoms with Crippen LogP contribution in [-0.2, 0) is 19.1 Å². The number of alkyl halides is 1.